The molecule has 1 heterocycles. The molecule has 2 rings (SSSR count). The molecule has 0 aliphatic heterocycles. The highest BCUT2D eigenvalue weighted by molar-refractivity contribution is 5.31. The molecule has 0 aliphatic rings. The number of benzene rings is 1. The molecular formula is C16H20N2O. The van der Waals surface area contributed by atoms with Gasteiger partial charge in [-0.2, -0.15) is 0 Å². The van der Waals surface area contributed by atoms with Crippen LogP contribution in [0.1, 0.15) is 24.9 Å². The second-order valence-corrected chi connectivity index (χ2v) is 4.73. The number of ether oxygens (including phenoxy) is 1. The van der Waals surface area contributed by atoms with Crippen molar-refractivity contribution in [1.29, 1.82) is 0 Å². The fourth-order valence-corrected chi connectivity index (χ4v) is 2.19. The summed E-state index contributed by atoms with van der Waals surface area (Å²) in [4.78, 5) is 6.38. The Morgan fingerprint density at radius 1 is 1.11 bits per heavy atom. The predicted molar refractivity (Wildman–Crippen MR) is 77.5 cm³/mol. The van der Waals surface area contributed by atoms with Crippen LogP contribution < -0.4 is 4.74 Å². The molecule has 1 unspecified atom stereocenters. The molecule has 0 saturated heterocycles. The minimum absolute atomic E-state index is 0.448. The van der Waals surface area contributed by atoms with Crippen LogP contribution in [0.3, 0.4) is 0 Å². The Morgan fingerprint density at radius 2 is 1.84 bits per heavy atom. The second kappa shape index (κ2) is 6.34. The molecule has 0 N–H and O–H groups in total. The molecule has 2 aromatic rings. The standard InChI is InChI=1S/C16H20N2O/c1-4-15(18(2)3)13-8-10-14(11-9-13)19-16-7-5-6-12-17-16/h5-12,15H,4H2,1-3H3. The zero-order valence-corrected chi connectivity index (χ0v) is 11.7. The quantitative estimate of drug-likeness (QED) is 0.811. The predicted octanol–water partition coefficient (Wildman–Crippen LogP) is 3.89. The largest absolute Gasteiger partial charge is 0.439 e. The van der Waals surface area contributed by atoms with Crippen molar-refractivity contribution < 1.29 is 4.74 Å². The molecule has 1 atom stereocenters. The van der Waals surface area contributed by atoms with Crippen molar-refractivity contribution in [2.45, 2.75) is 19.4 Å². The summed E-state index contributed by atoms with van der Waals surface area (Å²) >= 11 is 0. The topological polar surface area (TPSA) is 25.4 Å². The third-order valence-corrected chi connectivity index (χ3v) is 3.14. The van der Waals surface area contributed by atoms with Crippen molar-refractivity contribution in [3.63, 3.8) is 0 Å². The molecule has 19 heavy (non-hydrogen) atoms. The zero-order valence-electron chi connectivity index (χ0n) is 11.7. The van der Waals surface area contributed by atoms with E-state index in [1.54, 1.807) is 6.20 Å². The van der Waals surface area contributed by atoms with Gasteiger partial charge in [-0.05, 0) is 44.3 Å². The zero-order chi connectivity index (χ0) is 13.7. The minimum Gasteiger partial charge on any atom is -0.439 e. The molecule has 3 nitrogen and oxygen atoms in total. The Morgan fingerprint density at radius 3 is 2.37 bits per heavy atom. The molecule has 0 aliphatic carbocycles. The van der Waals surface area contributed by atoms with E-state index in [0.29, 0.717) is 11.9 Å². The summed E-state index contributed by atoms with van der Waals surface area (Å²) in [6, 6.07) is 14.3. The monoisotopic (exact) mass is 256 g/mol. The van der Waals surface area contributed by atoms with E-state index in [-0.39, 0.29) is 0 Å². The molecule has 0 radical (unpaired) electrons. The SMILES string of the molecule is CCC(c1ccc(Oc2ccccn2)cc1)N(C)C. The lowest BCUT2D eigenvalue weighted by molar-refractivity contribution is 0.292. The molecule has 100 valence electrons. The Hall–Kier alpha value is -1.87. The molecule has 1 aromatic heterocycles. The summed E-state index contributed by atoms with van der Waals surface area (Å²) in [6.07, 6.45) is 2.82. The highest BCUT2D eigenvalue weighted by atomic mass is 16.5. The number of nitrogens with zero attached hydrogens (tertiary/aromatic N) is 2. The van der Waals surface area contributed by atoms with Crippen LogP contribution in [0, 0.1) is 0 Å². The number of rotatable bonds is 5. The van der Waals surface area contributed by atoms with Gasteiger partial charge in [-0.15, -0.1) is 0 Å². The van der Waals surface area contributed by atoms with E-state index >= 15 is 0 Å². The maximum atomic E-state index is 5.68. The molecule has 0 amide bonds. The van der Waals surface area contributed by atoms with Gasteiger partial charge in [-0.1, -0.05) is 25.1 Å². The first-order valence-corrected chi connectivity index (χ1v) is 6.56. The van der Waals surface area contributed by atoms with E-state index in [2.05, 4.69) is 43.0 Å². The molecule has 0 spiro atoms. The van der Waals surface area contributed by atoms with Gasteiger partial charge in [0.2, 0.25) is 5.88 Å². The summed E-state index contributed by atoms with van der Waals surface area (Å²) < 4.78 is 5.68. The molecule has 0 saturated carbocycles. The van der Waals surface area contributed by atoms with Crippen LogP contribution in [-0.4, -0.2) is 24.0 Å². The Kier molecular flexibility index (Phi) is 4.53. The normalized spacial score (nSPS) is 12.4. The van der Waals surface area contributed by atoms with Crippen molar-refractivity contribution in [2.75, 3.05) is 14.1 Å². The molecule has 0 fully saturated rings. The summed E-state index contributed by atoms with van der Waals surface area (Å²) in [6.45, 7) is 2.20. The fourth-order valence-electron chi connectivity index (χ4n) is 2.19. The lowest BCUT2D eigenvalue weighted by atomic mass is 10.0. The van der Waals surface area contributed by atoms with E-state index in [1.165, 1.54) is 5.56 Å². The van der Waals surface area contributed by atoms with Gasteiger partial charge in [0.05, 0.1) is 0 Å². The van der Waals surface area contributed by atoms with E-state index in [1.807, 2.05) is 30.3 Å². The van der Waals surface area contributed by atoms with Crippen LogP contribution in [0.2, 0.25) is 0 Å². The third-order valence-electron chi connectivity index (χ3n) is 3.14. The Balaban J connectivity index is 2.10. The molecular weight excluding hydrogens is 236 g/mol. The highest BCUT2D eigenvalue weighted by Gasteiger charge is 2.11. The van der Waals surface area contributed by atoms with Crippen molar-refractivity contribution in [2.24, 2.45) is 0 Å². The maximum Gasteiger partial charge on any atom is 0.219 e. The first kappa shape index (κ1) is 13.6. The van der Waals surface area contributed by atoms with Gasteiger partial charge in [0, 0.05) is 18.3 Å². The summed E-state index contributed by atoms with van der Waals surface area (Å²) in [5.41, 5.74) is 1.31. The number of aromatic nitrogens is 1. The molecule has 0 bridgehead atoms. The maximum absolute atomic E-state index is 5.68. The summed E-state index contributed by atoms with van der Waals surface area (Å²) in [5.74, 6) is 1.44. The van der Waals surface area contributed by atoms with Crippen LogP contribution >= 0.6 is 0 Å². The van der Waals surface area contributed by atoms with Crippen molar-refractivity contribution in [1.82, 2.24) is 9.88 Å². The molecule has 3 heteroatoms. The van der Waals surface area contributed by atoms with Gasteiger partial charge < -0.3 is 9.64 Å². The summed E-state index contributed by atoms with van der Waals surface area (Å²) in [7, 11) is 4.21. The third kappa shape index (κ3) is 3.55. The van der Waals surface area contributed by atoms with Gasteiger partial charge in [-0.3, -0.25) is 0 Å². The smallest absolute Gasteiger partial charge is 0.219 e. The van der Waals surface area contributed by atoms with E-state index < -0.39 is 0 Å². The Bertz CT molecular complexity index is 494. The van der Waals surface area contributed by atoms with E-state index in [0.717, 1.165) is 12.2 Å². The molecule has 1 aromatic carbocycles. The highest BCUT2D eigenvalue weighted by Crippen LogP contribution is 2.25. The Labute approximate surface area is 114 Å². The van der Waals surface area contributed by atoms with Crippen molar-refractivity contribution in [3.8, 4) is 11.6 Å². The van der Waals surface area contributed by atoms with E-state index in [9.17, 15) is 0 Å². The van der Waals surface area contributed by atoms with Crippen LogP contribution in [0.25, 0.3) is 0 Å². The van der Waals surface area contributed by atoms with Crippen LogP contribution in [-0.2, 0) is 0 Å². The van der Waals surface area contributed by atoms with Gasteiger partial charge in [0.1, 0.15) is 5.75 Å². The number of pyridine rings is 1. The van der Waals surface area contributed by atoms with Crippen molar-refractivity contribution >= 4 is 0 Å². The van der Waals surface area contributed by atoms with E-state index in [4.69, 9.17) is 4.74 Å². The number of hydrogen-bond acceptors (Lipinski definition) is 3. The van der Waals surface area contributed by atoms with Crippen LogP contribution in [0.15, 0.2) is 48.7 Å². The lowest BCUT2D eigenvalue weighted by Gasteiger charge is -2.23. The van der Waals surface area contributed by atoms with Crippen molar-refractivity contribution in [3.05, 3.63) is 54.2 Å². The number of hydrogen-bond donors (Lipinski definition) is 0. The van der Waals surface area contributed by atoms with Gasteiger partial charge in [0.25, 0.3) is 0 Å². The first-order chi connectivity index (χ1) is 9.20. The van der Waals surface area contributed by atoms with Crippen LogP contribution in [0.4, 0.5) is 0 Å². The first-order valence-electron chi connectivity index (χ1n) is 6.56. The second-order valence-electron chi connectivity index (χ2n) is 4.73. The summed E-state index contributed by atoms with van der Waals surface area (Å²) in [5, 5.41) is 0. The van der Waals surface area contributed by atoms with Gasteiger partial charge in [-0.25, -0.2) is 4.98 Å². The van der Waals surface area contributed by atoms with Gasteiger partial charge >= 0.3 is 0 Å². The average molecular weight is 256 g/mol. The van der Waals surface area contributed by atoms with Crippen LogP contribution in [0.5, 0.6) is 11.6 Å². The fraction of sp³-hybridized carbons (Fsp3) is 0.312. The average Bonchev–Trinajstić information content (AvgIpc) is 2.42. The minimum atomic E-state index is 0.448. The van der Waals surface area contributed by atoms with Gasteiger partial charge in [0.15, 0.2) is 0 Å². The lowest BCUT2D eigenvalue weighted by Crippen LogP contribution is -2.18.